The van der Waals surface area contributed by atoms with Gasteiger partial charge in [0.05, 0.1) is 17.5 Å². The molecule has 0 fully saturated rings. The number of fused-ring (bicyclic) bond motifs is 3. The highest BCUT2D eigenvalue weighted by Gasteiger charge is 2.60. The van der Waals surface area contributed by atoms with Crippen molar-refractivity contribution in [2.24, 2.45) is 23.5 Å². The Hall–Kier alpha value is -3.70. The van der Waals surface area contributed by atoms with Crippen LogP contribution in [0.3, 0.4) is 0 Å². The third kappa shape index (κ3) is 4.61. The van der Waals surface area contributed by atoms with Crippen molar-refractivity contribution >= 4 is 11.7 Å². The Morgan fingerprint density at radius 3 is 2.46 bits per heavy atom. The lowest BCUT2D eigenvalue weighted by Crippen LogP contribution is -2.60. The fourth-order valence-corrected chi connectivity index (χ4v) is 7.00. The van der Waals surface area contributed by atoms with Gasteiger partial charge in [0.2, 0.25) is 5.79 Å². The van der Waals surface area contributed by atoms with Crippen molar-refractivity contribution in [1.29, 1.82) is 0 Å². The second kappa shape index (κ2) is 10.3. The molecule has 0 heterocycles. The number of aromatic hydroxyl groups is 1. The molecule has 41 heavy (non-hydrogen) atoms. The highest BCUT2D eigenvalue weighted by molar-refractivity contribution is 6.14. The number of rotatable bonds is 6. The van der Waals surface area contributed by atoms with Crippen LogP contribution in [-0.2, 0) is 17.8 Å². The van der Waals surface area contributed by atoms with E-state index in [-0.39, 0.29) is 23.3 Å². The van der Waals surface area contributed by atoms with Crippen LogP contribution in [0.4, 0.5) is 0 Å². The first-order chi connectivity index (χ1) is 19.2. The summed E-state index contributed by atoms with van der Waals surface area (Å²) in [5.74, 6) is -9.05. The predicted molar refractivity (Wildman–Crippen MR) is 152 cm³/mol. The molecule has 1 amide bonds. The SMILES string of the molecule is CC(C)NCc1cccc(-c2ccc(O)c3c2CC2CC4C(C(O)=C2C3=O)C(O)(O)C(C(N)=O)=C(O)[C@H]4N(C)C)c1. The minimum Gasteiger partial charge on any atom is -0.511 e. The lowest BCUT2D eigenvalue weighted by atomic mass is 9.59. The number of amides is 1. The van der Waals surface area contributed by atoms with Crippen LogP contribution in [0, 0.1) is 17.8 Å². The van der Waals surface area contributed by atoms with Crippen molar-refractivity contribution < 1.29 is 35.1 Å². The monoisotopic (exact) mass is 563 g/mol. The van der Waals surface area contributed by atoms with Gasteiger partial charge in [-0.15, -0.1) is 0 Å². The molecule has 2 aromatic rings. The summed E-state index contributed by atoms with van der Waals surface area (Å²) in [5.41, 5.74) is 7.99. The number of allylic oxidation sites excluding steroid dienone is 1. The van der Waals surface area contributed by atoms with Gasteiger partial charge in [0.15, 0.2) is 5.78 Å². The van der Waals surface area contributed by atoms with Gasteiger partial charge in [0.25, 0.3) is 5.91 Å². The number of likely N-dealkylation sites (N-methyl/N-ethyl adjacent to an activating group) is 1. The van der Waals surface area contributed by atoms with Gasteiger partial charge in [-0.2, -0.15) is 0 Å². The molecule has 10 heteroatoms. The molecular formula is C31H37N3O7. The number of nitrogens with one attached hydrogen (secondary N) is 1. The summed E-state index contributed by atoms with van der Waals surface area (Å²) >= 11 is 0. The van der Waals surface area contributed by atoms with Crippen molar-refractivity contribution in [1.82, 2.24) is 10.2 Å². The maximum Gasteiger partial charge on any atom is 0.253 e. The van der Waals surface area contributed by atoms with E-state index in [1.807, 2.05) is 24.3 Å². The number of aliphatic hydroxyl groups is 4. The molecule has 0 aliphatic heterocycles. The van der Waals surface area contributed by atoms with Crippen LogP contribution in [0.1, 0.15) is 41.8 Å². The zero-order valence-electron chi connectivity index (χ0n) is 23.5. The van der Waals surface area contributed by atoms with Gasteiger partial charge in [0.1, 0.15) is 22.8 Å². The Kier molecular flexibility index (Phi) is 7.23. The molecule has 0 radical (unpaired) electrons. The first-order valence-electron chi connectivity index (χ1n) is 13.7. The number of hydrogen-bond donors (Lipinski definition) is 7. The third-order valence-electron chi connectivity index (χ3n) is 8.68. The fraction of sp³-hybridized carbons (Fsp3) is 0.419. The number of nitrogens with zero attached hydrogens (tertiary/aromatic N) is 1. The van der Waals surface area contributed by atoms with Crippen LogP contribution >= 0.6 is 0 Å². The van der Waals surface area contributed by atoms with Gasteiger partial charge in [-0.3, -0.25) is 14.5 Å². The molecule has 0 saturated carbocycles. The van der Waals surface area contributed by atoms with E-state index in [0.29, 0.717) is 24.6 Å². The van der Waals surface area contributed by atoms with Crippen molar-refractivity contribution in [3.63, 3.8) is 0 Å². The van der Waals surface area contributed by atoms with Gasteiger partial charge in [-0.05, 0) is 73.2 Å². The smallest absolute Gasteiger partial charge is 0.253 e. The fourth-order valence-electron chi connectivity index (χ4n) is 7.00. The number of carbonyl (C=O) groups excluding carboxylic acids is 2. The van der Waals surface area contributed by atoms with Gasteiger partial charge in [0, 0.05) is 18.2 Å². The van der Waals surface area contributed by atoms with E-state index >= 15 is 0 Å². The number of phenolic OH excluding ortho intramolecular Hbond substituents is 1. The van der Waals surface area contributed by atoms with E-state index in [9.17, 15) is 35.1 Å². The molecule has 2 aromatic carbocycles. The largest absolute Gasteiger partial charge is 0.511 e. The lowest BCUT2D eigenvalue weighted by molar-refractivity contribution is -0.200. The van der Waals surface area contributed by atoms with E-state index in [1.165, 1.54) is 6.07 Å². The average molecular weight is 564 g/mol. The van der Waals surface area contributed by atoms with Crippen LogP contribution in [0.25, 0.3) is 11.1 Å². The van der Waals surface area contributed by atoms with E-state index in [1.54, 1.807) is 25.1 Å². The molecule has 4 atom stereocenters. The van der Waals surface area contributed by atoms with Crippen molar-refractivity contribution in [3.8, 4) is 16.9 Å². The van der Waals surface area contributed by atoms with Gasteiger partial charge in [-0.25, -0.2) is 0 Å². The van der Waals surface area contributed by atoms with E-state index in [0.717, 1.165) is 16.7 Å². The highest BCUT2D eigenvalue weighted by atomic mass is 16.5. The number of aliphatic hydroxyl groups excluding tert-OH is 2. The number of nitrogens with two attached hydrogens (primary N) is 1. The van der Waals surface area contributed by atoms with E-state index in [4.69, 9.17) is 5.73 Å². The zero-order chi connectivity index (χ0) is 30.0. The first-order valence-corrected chi connectivity index (χ1v) is 13.7. The normalized spacial score (nSPS) is 25.3. The minimum atomic E-state index is -3.01. The number of primary amides is 1. The van der Waals surface area contributed by atoms with Gasteiger partial charge < -0.3 is 36.6 Å². The molecule has 218 valence electrons. The number of phenols is 1. The van der Waals surface area contributed by atoms with Crippen molar-refractivity contribution in [2.45, 2.75) is 51.1 Å². The van der Waals surface area contributed by atoms with Crippen LogP contribution < -0.4 is 11.1 Å². The molecule has 0 bridgehead atoms. The summed E-state index contributed by atoms with van der Waals surface area (Å²) in [5, 5.41) is 59.0. The molecule has 3 aliphatic carbocycles. The standard InChI is InChI=1S/C31H37N3O7/c1-14(2)33-13-15-6-5-7-16(10-15)18-8-9-21(35)23-19(18)11-17-12-20-24(28(37)22(17)27(23)36)31(40,41)25(30(32)39)29(38)26(20)34(3)4/h5-10,14,17,20,24,26,33,35,37-38,40-41H,11-13H2,1-4H3,(H2,32,39)/t17?,20?,24?,26-/m0/s1. The quantitative estimate of drug-likeness (QED) is 0.260. The summed E-state index contributed by atoms with van der Waals surface area (Å²) in [4.78, 5) is 27.8. The summed E-state index contributed by atoms with van der Waals surface area (Å²) in [6.45, 7) is 4.80. The number of carbonyl (C=O) groups is 2. The molecule has 0 spiro atoms. The number of Topliss-reactive ketones (excluding diaryl/α,β-unsaturated/α-hetero) is 1. The second-order valence-electron chi connectivity index (χ2n) is 11.9. The molecule has 0 saturated heterocycles. The number of ketones is 1. The first kappa shape index (κ1) is 28.8. The second-order valence-corrected chi connectivity index (χ2v) is 11.9. The maximum atomic E-state index is 14.0. The van der Waals surface area contributed by atoms with Crippen LogP contribution in [0.5, 0.6) is 5.75 Å². The summed E-state index contributed by atoms with van der Waals surface area (Å²) < 4.78 is 0. The van der Waals surface area contributed by atoms with Crippen LogP contribution in [-0.4, -0.2) is 74.1 Å². The Morgan fingerprint density at radius 2 is 1.83 bits per heavy atom. The van der Waals surface area contributed by atoms with Crippen molar-refractivity contribution in [2.75, 3.05) is 14.1 Å². The average Bonchev–Trinajstić information content (AvgIpc) is 2.86. The topological polar surface area (TPSA) is 177 Å². The summed E-state index contributed by atoms with van der Waals surface area (Å²) in [7, 11) is 3.32. The highest BCUT2D eigenvalue weighted by Crippen LogP contribution is 2.54. The molecule has 8 N–H and O–H groups in total. The lowest BCUT2D eigenvalue weighted by Gasteiger charge is -2.51. The number of hydrogen-bond acceptors (Lipinski definition) is 9. The van der Waals surface area contributed by atoms with Gasteiger partial charge >= 0.3 is 0 Å². The van der Waals surface area contributed by atoms with E-state index < -0.39 is 58.4 Å². The Morgan fingerprint density at radius 1 is 1.12 bits per heavy atom. The Bertz CT molecular complexity index is 1490. The van der Waals surface area contributed by atoms with Crippen molar-refractivity contribution in [3.05, 3.63) is 75.8 Å². The predicted octanol–water partition coefficient (Wildman–Crippen LogP) is 2.28. The summed E-state index contributed by atoms with van der Waals surface area (Å²) in [6.07, 6.45) is 0.490. The zero-order valence-corrected chi connectivity index (χ0v) is 23.5. The Labute approximate surface area is 238 Å². The van der Waals surface area contributed by atoms with Gasteiger partial charge in [-0.1, -0.05) is 38.1 Å². The molecule has 0 aromatic heterocycles. The molecule has 10 nitrogen and oxygen atoms in total. The molecule has 3 aliphatic rings. The molecule has 5 rings (SSSR count). The third-order valence-corrected chi connectivity index (χ3v) is 8.68. The molecule has 3 unspecified atom stereocenters. The molecular weight excluding hydrogens is 526 g/mol. The minimum absolute atomic E-state index is 0.0312. The summed E-state index contributed by atoms with van der Waals surface area (Å²) in [6, 6.07) is 10.6. The number of benzene rings is 2. The van der Waals surface area contributed by atoms with Crippen LogP contribution in [0.15, 0.2) is 59.1 Å². The van der Waals surface area contributed by atoms with Crippen LogP contribution in [0.2, 0.25) is 0 Å². The maximum absolute atomic E-state index is 14.0. The Balaban J connectivity index is 1.64. The van der Waals surface area contributed by atoms with E-state index in [2.05, 4.69) is 19.2 Å².